The number of H-pyrrole nitrogens is 1. The summed E-state index contributed by atoms with van der Waals surface area (Å²) in [4.78, 5) is 9.68. The molecule has 0 amide bonds. The summed E-state index contributed by atoms with van der Waals surface area (Å²) in [5, 5.41) is 16.2. The molecule has 0 bridgehead atoms. The molecule has 1 atom stereocenters. The summed E-state index contributed by atoms with van der Waals surface area (Å²) in [5.74, 6) is 2.32. The number of aromatic nitrogens is 6. The Balaban J connectivity index is 1.62. The number of hydrogen-bond donors (Lipinski definition) is 2. The molecule has 1 aliphatic carbocycles. The van der Waals surface area contributed by atoms with Gasteiger partial charge in [-0.3, -0.25) is 9.78 Å². The lowest BCUT2D eigenvalue weighted by atomic mass is 10.1. The maximum atomic E-state index is 4.88. The fraction of sp³-hybridized carbons (Fsp3) is 0.556. The lowest BCUT2D eigenvalue weighted by Gasteiger charge is -2.16. The molecule has 25 heavy (non-hydrogen) atoms. The number of rotatable bonds is 5. The number of aromatic amines is 1. The van der Waals surface area contributed by atoms with E-state index in [9.17, 15) is 0 Å². The lowest BCUT2D eigenvalue weighted by Crippen LogP contribution is -2.20. The third-order valence-corrected chi connectivity index (χ3v) is 4.99. The van der Waals surface area contributed by atoms with E-state index in [-0.39, 0.29) is 6.04 Å². The van der Waals surface area contributed by atoms with Gasteiger partial charge in [0.2, 0.25) is 0 Å². The molecule has 0 saturated heterocycles. The molecule has 1 saturated carbocycles. The van der Waals surface area contributed by atoms with E-state index in [1.165, 1.54) is 25.7 Å². The molecule has 3 heterocycles. The maximum absolute atomic E-state index is 4.88. The van der Waals surface area contributed by atoms with Gasteiger partial charge in [0.05, 0.1) is 17.3 Å². The molecule has 1 aliphatic rings. The minimum absolute atomic E-state index is 0.220. The lowest BCUT2D eigenvalue weighted by molar-refractivity contribution is 0.665. The second-order valence-electron chi connectivity index (χ2n) is 7.21. The van der Waals surface area contributed by atoms with Gasteiger partial charge in [-0.1, -0.05) is 12.8 Å². The van der Waals surface area contributed by atoms with E-state index in [2.05, 4.69) is 33.6 Å². The number of fused-ring (bicyclic) bond motifs is 1. The molecule has 3 aromatic rings. The summed E-state index contributed by atoms with van der Waals surface area (Å²) >= 11 is 0. The van der Waals surface area contributed by atoms with Crippen molar-refractivity contribution in [2.45, 2.75) is 57.9 Å². The Hall–Kier alpha value is -2.44. The average Bonchev–Trinajstić information content (AvgIpc) is 3.30. The van der Waals surface area contributed by atoms with Crippen LogP contribution in [0.1, 0.15) is 55.7 Å². The summed E-state index contributed by atoms with van der Waals surface area (Å²) in [6, 6.07) is 2.30. The van der Waals surface area contributed by atoms with E-state index in [0.29, 0.717) is 5.92 Å². The van der Waals surface area contributed by atoms with Gasteiger partial charge in [-0.25, -0.2) is 9.97 Å². The zero-order valence-electron chi connectivity index (χ0n) is 15.1. The second kappa shape index (κ2) is 6.46. The Kier molecular flexibility index (Phi) is 4.15. The Morgan fingerprint density at radius 1 is 1.32 bits per heavy atom. The van der Waals surface area contributed by atoms with Crippen LogP contribution >= 0.6 is 0 Å². The first-order valence-corrected chi connectivity index (χ1v) is 9.07. The Morgan fingerprint density at radius 3 is 2.84 bits per heavy atom. The van der Waals surface area contributed by atoms with Crippen molar-refractivity contribution in [1.29, 1.82) is 0 Å². The number of nitrogens with one attached hydrogen (secondary N) is 2. The van der Waals surface area contributed by atoms with Crippen LogP contribution in [-0.2, 0) is 13.5 Å². The van der Waals surface area contributed by atoms with Gasteiger partial charge in [-0.2, -0.15) is 10.2 Å². The SMILES string of the molecule is Cc1cc(C[C@H](C)Nc2nc(C3CCCC3)nc3c2cnn3C)n[nH]1. The minimum atomic E-state index is 0.220. The molecule has 0 unspecified atom stereocenters. The van der Waals surface area contributed by atoms with Gasteiger partial charge < -0.3 is 5.32 Å². The van der Waals surface area contributed by atoms with Crippen LogP contribution < -0.4 is 5.32 Å². The molecule has 0 radical (unpaired) electrons. The van der Waals surface area contributed by atoms with Crippen LogP contribution in [0, 0.1) is 6.92 Å². The van der Waals surface area contributed by atoms with Gasteiger partial charge in [0.25, 0.3) is 0 Å². The van der Waals surface area contributed by atoms with Gasteiger partial charge in [0.1, 0.15) is 11.6 Å². The summed E-state index contributed by atoms with van der Waals surface area (Å²) in [7, 11) is 1.94. The quantitative estimate of drug-likeness (QED) is 0.746. The first-order chi connectivity index (χ1) is 12.1. The number of aryl methyl sites for hydroxylation is 2. The topological polar surface area (TPSA) is 84.3 Å². The molecule has 0 spiro atoms. The summed E-state index contributed by atoms with van der Waals surface area (Å²) in [5.41, 5.74) is 3.05. The highest BCUT2D eigenvalue weighted by Gasteiger charge is 2.23. The normalized spacial score (nSPS) is 16.6. The second-order valence-corrected chi connectivity index (χ2v) is 7.21. The van der Waals surface area contributed by atoms with Crippen LogP contribution in [0.4, 0.5) is 5.82 Å². The predicted octanol–water partition coefficient (Wildman–Crippen LogP) is 3.10. The number of nitrogens with zero attached hydrogens (tertiary/aromatic N) is 5. The number of hydrogen-bond acceptors (Lipinski definition) is 5. The van der Waals surface area contributed by atoms with Crippen LogP contribution in [0.3, 0.4) is 0 Å². The van der Waals surface area contributed by atoms with Gasteiger partial charge in [0.15, 0.2) is 5.65 Å². The van der Waals surface area contributed by atoms with Crippen molar-refractivity contribution in [1.82, 2.24) is 29.9 Å². The van der Waals surface area contributed by atoms with Crippen molar-refractivity contribution in [2.75, 3.05) is 5.32 Å². The third-order valence-electron chi connectivity index (χ3n) is 4.99. The predicted molar refractivity (Wildman–Crippen MR) is 97.6 cm³/mol. The van der Waals surface area contributed by atoms with E-state index < -0.39 is 0 Å². The van der Waals surface area contributed by atoms with Crippen molar-refractivity contribution in [3.05, 3.63) is 29.5 Å². The van der Waals surface area contributed by atoms with Crippen LogP contribution in [0.25, 0.3) is 11.0 Å². The number of anilines is 1. The molecule has 1 fully saturated rings. The van der Waals surface area contributed by atoms with E-state index in [1.54, 1.807) is 0 Å². The van der Waals surface area contributed by atoms with Gasteiger partial charge in [0, 0.05) is 31.1 Å². The van der Waals surface area contributed by atoms with Crippen molar-refractivity contribution in [3.8, 4) is 0 Å². The standard InChI is InChI=1S/C18H25N7/c1-11(8-14-9-12(2)23-24-14)20-17-15-10-19-25(3)18(15)22-16(21-17)13-6-4-5-7-13/h9-11,13H,4-8H2,1-3H3,(H,23,24)(H,20,21,22)/t11-/m0/s1. The van der Waals surface area contributed by atoms with Crippen LogP contribution in [0.15, 0.2) is 12.3 Å². The Labute approximate surface area is 147 Å². The van der Waals surface area contributed by atoms with Crippen molar-refractivity contribution >= 4 is 16.9 Å². The molecule has 2 N–H and O–H groups in total. The first-order valence-electron chi connectivity index (χ1n) is 9.07. The first kappa shape index (κ1) is 16.1. The van der Waals surface area contributed by atoms with Gasteiger partial charge >= 0.3 is 0 Å². The van der Waals surface area contributed by atoms with Crippen LogP contribution in [0.5, 0.6) is 0 Å². The summed E-state index contributed by atoms with van der Waals surface area (Å²) in [6.45, 7) is 4.18. The monoisotopic (exact) mass is 339 g/mol. The molecule has 132 valence electrons. The summed E-state index contributed by atoms with van der Waals surface area (Å²) in [6.07, 6.45) is 7.61. The highest BCUT2D eigenvalue weighted by atomic mass is 15.3. The van der Waals surface area contributed by atoms with E-state index >= 15 is 0 Å². The van der Waals surface area contributed by atoms with E-state index in [4.69, 9.17) is 9.97 Å². The largest absolute Gasteiger partial charge is 0.367 e. The minimum Gasteiger partial charge on any atom is -0.367 e. The zero-order chi connectivity index (χ0) is 17.4. The molecule has 4 rings (SSSR count). The Bertz CT molecular complexity index is 873. The van der Waals surface area contributed by atoms with Crippen molar-refractivity contribution in [3.63, 3.8) is 0 Å². The summed E-state index contributed by atoms with van der Waals surface area (Å²) < 4.78 is 1.84. The third kappa shape index (κ3) is 3.23. The molecule has 3 aromatic heterocycles. The molecule has 7 heteroatoms. The highest BCUT2D eigenvalue weighted by molar-refractivity contribution is 5.86. The molecule has 0 aromatic carbocycles. The highest BCUT2D eigenvalue weighted by Crippen LogP contribution is 2.34. The fourth-order valence-corrected chi connectivity index (χ4v) is 3.69. The zero-order valence-corrected chi connectivity index (χ0v) is 15.1. The van der Waals surface area contributed by atoms with Crippen LogP contribution in [-0.4, -0.2) is 36.0 Å². The van der Waals surface area contributed by atoms with Crippen LogP contribution in [0.2, 0.25) is 0 Å². The maximum Gasteiger partial charge on any atom is 0.163 e. The fourth-order valence-electron chi connectivity index (χ4n) is 3.69. The van der Waals surface area contributed by atoms with Gasteiger partial charge in [-0.05, 0) is 32.8 Å². The molecule has 7 nitrogen and oxygen atoms in total. The van der Waals surface area contributed by atoms with E-state index in [0.717, 1.165) is 40.5 Å². The smallest absolute Gasteiger partial charge is 0.163 e. The molecule has 0 aliphatic heterocycles. The van der Waals surface area contributed by atoms with E-state index in [1.807, 2.05) is 24.9 Å². The molecular formula is C18H25N7. The van der Waals surface area contributed by atoms with Crippen molar-refractivity contribution in [2.24, 2.45) is 7.05 Å². The average molecular weight is 339 g/mol. The van der Waals surface area contributed by atoms with Gasteiger partial charge in [-0.15, -0.1) is 0 Å². The Morgan fingerprint density at radius 2 is 2.12 bits per heavy atom. The van der Waals surface area contributed by atoms with Crippen molar-refractivity contribution < 1.29 is 0 Å². The molecular weight excluding hydrogens is 314 g/mol.